The molecule has 0 aromatic heterocycles. The van der Waals surface area contributed by atoms with Gasteiger partial charge in [0, 0.05) is 12.5 Å². The summed E-state index contributed by atoms with van der Waals surface area (Å²) < 4.78 is 5.80. The molecule has 0 unspecified atom stereocenters. The van der Waals surface area contributed by atoms with Crippen molar-refractivity contribution in [2.75, 3.05) is 18.0 Å². The summed E-state index contributed by atoms with van der Waals surface area (Å²) in [6, 6.07) is 7.44. The molecule has 0 radical (unpaired) electrons. The summed E-state index contributed by atoms with van der Waals surface area (Å²) in [7, 11) is 0. The molecule has 22 heavy (non-hydrogen) atoms. The lowest BCUT2D eigenvalue weighted by Gasteiger charge is -2.37. The standard InChI is InChI=1S/C17H22N2O3/c1-2-10-18-16(20)15-11-19(17(21)12-6-5-7-12)13-8-3-4-9-14(13)22-15/h3-4,8-9,12,15H,2,5-7,10-11H2,1H3,(H,18,20)/t15-/m1/s1. The topological polar surface area (TPSA) is 58.6 Å². The van der Waals surface area contributed by atoms with E-state index < -0.39 is 6.10 Å². The van der Waals surface area contributed by atoms with Gasteiger partial charge in [-0.15, -0.1) is 0 Å². The zero-order chi connectivity index (χ0) is 15.5. The van der Waals surface area contributed by atoms with Gasteiger partial charge in [0.1, 0.15) is 5.75 Å². The van der Waals surface area contributed by atoms with Crippen molar-refractivity contribution in [2.45, 2.75) is 38.7 Å². The molecule has 1 atom stereocenters. The van der Waals surface area contributed by atoms with Gasteiger partial charge >= 0.3 is 0 Å². The largest absolute Gasteiger partial charge is 0.477 e. The number of nitrogens with zero attached hydrogens (tertiary/aromatic N) is 1. The van der Waals surface area contributed by atoms with Gasteiger partial charge in [0.25, 0.3) is 5.91 Å². The third kappa shape index (κ3) is 2.80. The molecule has 0 spiro atoms. The number of fused-ring (bicyclic) bond motifs is 1. The van der Waals surface area contributed by atoms with E-state index in [4.69, 9.17) is 4.74 Å². The first-order valence-corrected chi connectivity index (χ1v) is 8.05. The normalized spacial score (nSPS) is 20.6. The van der Waals surface area contributed by atoms with Crippen LogP contribution in [-0.2, 0) is 9.59 Å². The second-order valence-electron chi connectivity index (χ2n) is 5.94. The third-order valence-corrected chi connectivity index (χ3v) is 4.34. The number of anilines is 1. The summed E-state index contributed by atoms with van der Waals surface area (Å²) in [6.07, 6.45) is 3.25. The Kier molecular flexibility index (Phi) is 4.32. The maximum atomic E-state index is 12.7. The zero-order valence-electron chi connectivity index (χ0n) is 12.9. The Hall–Kier alpha value is -2.04. The van der Waals surface area contributed by atoms with E-state index in [1.807, 2.05) is 31.2 Å². The molecule has 118 valence electrons. The van der Waals surface area contributed by atoms with Gasteiger partial charge in [-0.3, -0.25) is 9.59 Å². The minimum absolute atomic E-state index is 0.102. The van der Waals surface area contributed by atoms with E-state index in [2.05, 4.69) is 5.32 Å². The van der Waals surface area contributed by atoms with Crippen molar-refractivity contribution in [1.82, 2.24) is 5.32 Å². The zero-order valence-corrected chi connectivity index (χ0v) is 12.9. The van der Waals surface area contributed by atoms with E-state index in [1.54, 1.807) is 4.90 Å². The smallest absolute Gasteiger partial charge is 0.262 e. The lowest BCUT2D eigenvalue weighted by Crippen LogP contribution is -2.52. The number of para-hydroxylation sites is 2. The molecular formula is C17H22N2O3. The molecule has 2 amide bonds. The van der Waals surface area contributed by atoms with Crippen LogP contribution in [0.25, 0.3) is 0 Å². The molecule has 1 aromatic rings. The molecule has 2 aliphatic rings. The van der Waals surface area contributed by atoms with Crippen molar-refractivity contribution < 1.29 is 14.3 Å². The van der Waals surface area contributed by atoms with E-state index in [0.717, 1.165) is 31.4 Å². The predicted molar refractivity (Wildman–Crippen MR) is 83.9 cm³/mol. The van der Waals surface area contributed by atoms with Crippen LogP contribution in [0.1, 0.15) is 32.6 Å². The number of carbonyl (C=O) groups excluding carboxylic acids is 2. The van der Waals surface area contributed by atoms with E-state index in [-0.39, 0.29) is 17.7 Å². The summed E-state index contributed by atoms with van der Waals surface area (Å²) in [5, 5.41) is 2.85. The Labute approximate surface area is 130 Å². The van der Waals surface area contributed by atoms with Crippen molar-refractivity contribution in [1.29, 1.82) is 0 Å². The number of amides is 2. The van der Waals surface area contributed by atoms with Gasteiger partial charge in [-0.05, 0) is 31.4 Å². The number of benzene rings is 1. The van der Waals surface area contributed by atoms with Crippen LogP contribution in [0.2, 0.25) is 0 Å². The minimum atomic E-state index is -0.634. The lowest BCUT2D eigenvalue weighted by molar-refractivity contribution is -0.129. The minimum Gasteiger partial charge on any atom is -0.477 e. The Morgan fingerprint density at radius 1 is 1.32 bits per heavy atom. The average molecular weight is 302 g/mol. The van der Waals surface area contributed by atoms with Gasteiger partial charge in [0.15, 0.2) is 6.10 Å². The molecule has 3 rings (SSSR count). The fourth-order valence-corrected chi connectivity index (χ4v) is 2.82. The molecule has 1 saturated carbocycles. The van der Waals surface area contributed by atoms with Crippen molar-refractivity contribution in [2.24, 2.45) is 5.92 Å². The molecule has 0 saturated heterocycles. The maximum Gasteiger partial charge on any atom is 0.262 e. The van der Waals surface area contributed by atoms with Crippen molar-refractivity contribution in [3.05, 3.63) is 24.3 Å². The van der Waals surface area contributed by atoms with Crippen LogP contribution in [0.15, 0.2) is 24.3 Å². The third-order valence-electron chi connectivity index (χ3n) is 4.34. The Bertz CT molecular complexity index is 569. The molecule has 5 nitrogen and oxygen atoms in total. The molecule has 1 aliphatic heterocycles. The number of hydrogen-bond acceptors (Lipinski definition) is 3. The summed E-state index contributed by atoms with van der Waals surface area (Å²) in [5.74, 6) is 0.682. The molecule has 1 aromatic carbocycles. The first kappa shape index (κ1) is 14.9. The maximum absolute atomic E-state index is 12.7. The second kappa shape index (κ2) is 6.38. The Morgan fingerprint density at radius 3 is 2.77 bits per heavy atom. The highest BCUT2D eigenvalue weighted by molar-refractivity contribution is 5.98. The number of ether oxygens (including phenoxy) is 1. The van der Waals surface area contributed by atoms with Crippen LogP contribution in [0, 0.1) is 5.92 Å². The fraction of sp³-hybridized carbons (Fsp3) is 0.529. The summed E-state index contributed by atoms with van der Waals surface area (Å²) >= 11 is 0. The Morgan fingerprint density at radius 2 is 2.09 bits per heavy atom. The van der Waals surface area contributed by atoms with E-state index >= 15 is 0 Å². The number of carbonyl (C=O) groups is 2. The number of nitrogens with one attached hydrogen (secondary N) is 1. The van der Waals surface area contributed by atoms with Gasteiger partial charge in [-0.1, -0.05) is 25.5 Å². The summed E-state index contributed by atoms with van der Waals surface area (Å²) in [4.78, 5) is 26.6. The van der Waals surface area contributed by atoms with Crippen molar-refractivity contribution in [3.63, 3.8) is 0 Å². The van der Waals surface area contributed by atoms with Crippen LogP contribution in [-0.4, -0.2) is 31.0 Å². The highest BCUT2D eigenvalue weighted by atomic mass is 16.5. The number of hydrogen-bond donors (Lipinski definition) is 1. The monoisotopic (exact) mass is 302 g/mol. The van der Waals surface area contributed by atoms with Gasteiger partial charge in [-0.2, -0.15) is 0 Å². The van der Waals surface area contributed by atoms with E-state index in [9.17, 15) is 9.59 Å². The second-order valence-corrected chi connectivity index (χ2v) is 5.94. The van der Waals surface area contributed by atoms with Gasteiger partial charge in [-0.25, -0.2) is 0 Å². The lowest BCUT2D eigenvalue weighted by atomic mass is 9.84. The Balaban J connectivity index is 1.81. The van der Waals surface area contributed by atoms with E-state index in [0.29, 0.717) is 18.8 Å². The molecule has 1 fully saturated rings. The summed E-state index contributed by atoms with van der Waals surface area (Å²) in [6.45, 7) is 2.92. The van der Waals surface area contributed by atoms with Crippen molar-refractivity contribution in [3.8, 4) is 5.75 Å². The molecule has 1 heterocycles. The highest BCUT2D eigenvalue weighted by Crippen LogP contribution is 2.37. The first-order chi connectivity index (χ1) is 10.7. The van der Waals surface area contributed by atoms with Gasteiger partial charge in [0.05, 0.1) is 12.2 Å². The van der Waals surface area contributed by atoms with Crippen LogP contribution < -0.4 is 15.0 Å². The van der Waals surface area contributed by atoms with E-state index in [1.165, 1.54) is 0 Å². The van der Waals surface area contributed by atoms with Crippen LogP contribution in [0.5, 0.6) is 5.75 Å². The van der Waals surface area contributed by atoms with Crippen molar-refractivity contribution >= 4 is 17.5 Å². The van der Waals surface area contributed by atoms with Gasteiger partial charge in [0.2, 0.25) is 5.91 Å². The molecule has 5 heteroatoms. The van der Waals surface area contributed by atoms with Crippen LogP contribution >= 0.6 is 0 Å². The molecule has 1 aliphatic carbocycles. The predicted octanol–water partition coefficient (Wildman–Crippen LogP) is 2.11. The average Bonchev–Trinajstić information content (AvgIpc) is 2.49. The molecule has 0 bridgehead atoms. The quantitative estimate of drug-likeness (QED) is 0.926. The first-order valence-electron chi connectivity index (χ1n) is 8.05. The summed E-state index contributed by atoms with van der Waals surface area (Å²) in [5.41, 5.74) is 0.777. The van der Waals surface area contributed by atoms with Crippen LogP contribution in [0.3, 0.4) is 0 Å². The van der Waals surface area contributed by atoms with Gasteiger partial charge < -0.3 is 15.0 Å². The fourth-order valence-electron chi connectivity index (χ4n) is 2.82. The SMILES string of the molecule is CCCNC(=O)[C@H]1CN(C(=O)C2CCC2)c2ccccc2O1. The molecule has 1 N–H and O–H groups in total. The van der Waals surface area contributed by atoms with Crippen LogP contribution in [0.4, 0.5) is 5.69 Å². The molecular weight excluding hydrogens is 280 g/mol. The number of rotatable bonds is 4. The highest BCUT2D eigenvalue weighted by Gasteiger charge is 2.37.